The minimum atomic E-state index is 0.814. The van der Waals surface area contributed by atoms with E-state index in [0.29, 0.717) is 0 Å². The monoisotopic (exact) mass is 504 g/mol. The van der Waals surface area contributed by atoms with Crippen molar-refractivity contribution in [1.82, 2.24) is 0 Å². The van der Waals surface area contributed by atoms with Crippen LogP contribution in [0.5, 0.6) is 5.75 Å². The van der Waals surface area contributed by atoms with E-state index in [1.165, 1.54) is 97.6 Å². The molecule has 0 atom stereocenters. The third-order valence-corrected chi connectivity index (χ3v) is 7.41. The summed E-state index contributed by atoms with van der Waals surface area (Å²) in [6, 6.07) is 36.7. The summed E-state index contributed by atoms with van der Waals surface area (Å²) >= 11 is 0. The van der Waals surface area contributed by atoms with Crippen molar-refractivity contribution >= 4 is 0 Å². The Bertz CT molecular complexity index is 1160. The number of ether oxygens (including phenoxy) is 1. The van der Waals surface area contributed by atoms with Gasteiger partial charge in [-0.3, -0.25) is 0 Å². The highest BCUT2D eigenvalue weighted by Crippen LogP contribution is 2.28. The van der Waals surface area contributed by atoms with E-state index in [1.54, 1.807) is 0 Å². The lowest BCUT2D eigenvalue weighted by molar-refractivity contribution is 0.304. The molecule has 0 heterocycles. The first-order valence-electron chi connectivity index (χ1n) is 14.8. The molecule has 0 N–H and O–H groups in total. The molecule has 0 fully saturated rings. The number of benzene rings is 4. The molecule has 4 rings (SSSR count). The summed E-state index contributed by atoms with van der Waals surface area (Å²) in [5.74, 6) is 0.968. The van der Waals surface area contributed by atoms with Crippen LogP contribution in [0.1, 0.15) is 77.6 Å². The molecule has 0 saturated carbocycles. The van der Waals surface area contributed by atoms with Gasteiger partial charge in [0.2, 0.25) is 0 Å². The van der Waals surface area contributed by atoms with Gasteiger partial charge < -0.3 is 4.74 Å². The highest BCUT2D eigenvalue weighted by Gasteiger charge is 2.03. The zero-order valence-electron chi connectivity index (χ0n) is 23.2. The highest BCUT2D eigenvalue weighted by atomic mass is 16.5. The Kier molecular flexibility index (Phi) is 11.5. The van der Waals surface area contributed by atoms with Crippen molar-refractivity contribution in [2.45, 2.75) is 77.6 Å². The summed E-state index contributed by atoms with van der Waals surface area (Å²) in [5.41, 5.74) is 7.42. The van der Waals surface area contributed by atoms with E-state index in [0.717, 1.165) is 18.8 Å². The molecule has 4 aromatic carbocycles. The van der Waals surface area contributed by atoms with Gasteiger partial charge in [-0.1, -0.05) is 162 Å². The maximum Gasteiger partial charge on any atom is 0.119 e. The zero-order chi connectivity index (χ0) is 26.3. The third kappa shape index (κ3) is 8.91. The smallest absolute Gasteiger partial charge is 0.119 e. The summed E-state index contributed by atoms with van der Waals surface area (Å²) in [4.78, 5) is 0. The van der Waals surface area contributed by atoms with Crippen molar-refractivity contribution in [3.63, 3.8) is 0 Å². The first-order valence-corrected chi connectivity index (χ1v) is 14.8. The van der Waals surface area contributed by atoms with Crippen molar-refractivity contribution in [3.8, 4) is 39.1 Å². The minimum absolute atomic E-state index is 0.814. The Morgan fingerprint density at radius 3 is 1.13 bits per heavy atom. The molecular formula is C37H44O. The third-order valence-electron chi connectivity index (χ3n) is 7.41. The van der Waals surface area contributed by atoms with Gasteiger partial charge >= 0.3 is 0 Å². The first-order chi connectivity index (χ1) is 18.8. The number of rotatable bonds is 16. The average molecular weight is 505 g/mol. The predicted octanol–water partition coefficient (Wildman–Crippen LogP) is 11.4. The van der Waals surface area contributed by atoms with Crippen LogP contribution in [-0.2, 0) is 0 Å². The van der Waals surface area contributed by atoms with Gasteiger partial charge in [0.25, 0.3) is 0 Å². The Balaban J connectivity index is 1.16. The Morgan fingerprint density at radius 1 is 0.368 bits per heavy atom. The lowest BCUT2D eigenvalue weighted by atomic mass is 9.98. The molecule has 1 nitrogen and oxygen atoms in total. The topological polar surface area (TPSA) is 9.23 Å². The van der Waals surface area contributed by atoms with Crippen LogP contribution in [-0.4, -0.2) is 6.61 Å². The standard InChI is InChI=1S/C37H44O/c1-2-3-4-5-6-7-8-9-10-11-15-30-38-37-28-26-36(27-29-37)35-24-22-34(23-25-35)33-20-18-32(19-21-33)31-16-13-12-14-17-31/h12-14,16-29H,2-11,15,30H2,1H3. The lowest BCUT2D eigenvalue weighted by Crippen LogP contribution is -1.97. The summed E-state index contributed by atoms with van der Waals surface area (Å²) in [7, 11) is 0. The van der Waals surface area contributed by atoms with E-state index < -0.39 is 0 Å². The number of hydrogen-bond acceptors (Lipinski definition) is 1. The van der Waals surface area contributed by atoms with Gasteiger partial charge in [-0.25, -0.2) is 0 Å². The normalized spacial score (nSPS) is 11.0. The van der Waals surface area contributed by atoms with Gasteiger partial charge in [-0.2, -0.15) is 0 Å². The van der Waals surface area contributed by atoms with Gasteiger partial charge in [0.15, 0.2) is 0 Å². The van der Waals surface area contributed by atoms with Crippen molar-refractivity contribution in [2.24, 2.45) is 0 Å². The molecule has 1 heteroatoms. The molecule has 0 spiro atoms. The molecule has 38 heavy (non-hydrogen) atoms. The maximum atomic E-state index is 6.00. The van der Waals surface area contributed by atoms with Crippen LogP contribution < -0.4 is 4.74 Å². The fourth-order valence-corrected chi connectivity index (χ4v) is 5.04. The molecule has 0 aromatic heterocycles. The molecule has 0 aliphatic rings. The predicted molar refractivity (Wildman–Crippen MR) is 165 cm³/mol. The van der Waals surface area contributed by atoms with Crippen LogP contribution in [0.4, 0.5) is 0 Å². The van der Waals surface area contributed by atoms with Gasteiger partial charge in [0.1, 0.15) is 5.75 Å². The van der Waals surface area contributed by atoms with Crippen molar-refractivity contribution < 1.29 is 4.74 Å². The fourth-order valence-electron chi connectivity index (χ4n) is 5.04. The van der Waals surface area contributed by atoms with Crippen molar-refractivity contribution in [2.75, 3.05) is 6.61 Å². The molecule has 198 valence electrons. The number of hydrogen-bond donors (Lipinski definition) is 0. The molecule has 0 aliphatic heterocycles. The van der Waals surface area contributed by atoms with E-state index in [2.05, 4.69) is 110 Å². The quantitative estimate of drug-likeness (QED) is 0.138. The Morgan fingerprint density at radius 2 is 0.711 bits per heavy atom. The van der Waals surface area contributed by atoms with E-state index in [9.17, 15) is 0 Å². The summed E-state index contributed by atoms with van der Waals surface area (Å²) < 4.78 is 6.00. The molecule has 0 radical (unpaired) electrons. The van der Waals surface area contributed by atoms with Crippen LogP contribution in [0.2, 0.25) is 0 Å². The van der Waals surface area contributed by atoms with E-state index in [1.807, 2.05) is 0 Å². The first kappa shape index (κ1) is 27.7. The minimum Gasteiger partial charge on any atom is -0.494 e. The van der Waals surface area contributed by atoms with Crippen LogP contribution >= 0.6 is 0 Å². The average Bonchev–Trinajstić information content (AvgIpc) is 2.99. The van der Waals surface area contributed by atoms with Crippen molar-refractivity contribution in [3.05, 3.63) is 103 Å². The van der Waals surface area contributed by atoms with E-state index in [4.69, 9.17) is 4.74 Å². The molecule has 0 aliphatic carbocycles. The van der Waals surface area contributed by atoms with Gasteiger partial charge in [-0.05, 0) is 51.9 Å². The number of unbranched alkanes of at least 4 members (excludes halogenated alkanes) is 10. The second-order valence-electron chi connectivity index (χ2n) is 10.4. The summed E-state index contributed by atoms with van der Waals surface area (Å²) in [6.45, 7) is 3.10. The Hall–Kier alpha value is -3.32. The second kappa shape index (κ2) is 15.8. The van der Waals surface area contributed by atoms with Crippen molar-refractivity contribution in [1.29, 1.82) is 0 Å². The van der Waals surface area contributed by atoms with Gasteiger partial charge in [-0.15, -0.1) is 0 Å². The molecule has 0 saturated heterocycles. The molecule has 4 aromatic rings. The Labute approximate surface area is 230 Å². The summed E-state index contributed by atoms with van der Waals surface area (Å²) in [6.07, 6.45) is 15.0. The highest BCUT2D eigenvalue weighted by molar-refractivity contribution is 5.73. The molecular weight excluding hydrogens is 460 g/mol. The molecule has 0 unspecified atom stereocenters. The second-order valence-corrected chi connectivity index (χ2v) is 10.4. The van der Waals surface area contributed by atoms with E-state index >= 15 is 0 Å². The van der Waals surface area contributed by atoms with Crippen LogP contribution in [0, 0.1) is 0 Å². The largest absolute Gasteiger partial charge is 0.494 e. The van der Waals surface area contributed by atoms with E-state index in [-0.39, 0.29) is 0 Å². The van der Waals surface area contributed by atoms with Gasteiger partial charge in [0.05, 0.1) is 6.61 Å². The SMILES string of the molecule is CCCCCCCCCCCCCOc1ccc(-c2ccc(-c3ccc(-c4ccccc4)cc3)cc2)cc1. The van der Waals surface area contributed by atoms with Gasteiger partial charge in [0, 0.05) is 0 Å². The van der Waals surface area contributed by atoms with Crippen LogP contribution in [0.15, 0.2) is 103 Å². The van der Waals surface area contributed by atoms with Crippen LogP contribution in [0.25, 0.3) is 33.4 Å². The lowest BCUT2D eigenvalue weighted by Gasteiger charge is -2.09. The molecule has 0 amide bonds. The molecule has 0 bridgehead atoms. The fraction of sp³-hybridized carbons (Fsp3) is 0.351. The summed E-state index contributed by atoms with van der Waals surface area (Å²) in [5, 5.41) is 0. The maximum absolute atomic E-state index is 6.00. The van der Waals surface area contributed by atoms with Crippen LogP contribution in [0.3, 0.4) is 0 Å². The zero-order valence-corrected chi connectivity index (χ0v) is 23.2.